The molecular formula is C15H20N2O5S. The molecular weight excluding hydrogens is 320 g/mol. The Hall–Kier alpha value is -1.80. The van der Waals surface area contributed by atoms with Crippen LogP contribution in [0.1, 0.15) is 19.3 Å². The maximum atomic E-state index is 13.0. The van der Waals surface area contributed by atoms with Crippen molar-refractivity contribution in [1.29, 1.82) is 0 Å². The molecule has 0 radical (unpaired) electrons. The molecule has 3 rings (SSSR count). The molecule has 23 heavy (non-hydrogen) atoms. The van der Waals surface area contributed by atoms with Gasteiger partial charge in [-0.05, 0) is 25.0 Å². The van der Waals surface area contributed by atoms with Crippen molar-refractivity contribution in [2.24, 2.45) is 0 Å². The fourth-order valence-corrected chi connectivity index (χ4v) is 4.94. The molecule has 1 spiro atoms. The molecule has 0 bridgehead atoms. The monoisotopic (exact) mass is 340 g/mol. The SMILES string of the molecule is COc1ccc(OC)c(S(=O)(=O)N2CCC3(CCC(=O)N3)C2)c1. The van der Waals surface area contributed by atoms with Gasteiger partial charge in [-0.15, -0.1) is 0 Å². The van der Waals surface area contributed by atoms with E-state index in [9.17, 15) is 13.2 Å². The van der Waals surface area contributed by atoms with Gasteiger partial charge >= 0.3 is 0 Å². The summed E-state index contributed by atoms with van der Waals surface area (Å²) in [6, 6.07) is 4.70. The lowest BCUT2D eigenvalue weighted by molar-refractivity contribution is -0.119. The molecule has 0 aromatic heterocycles. The Morgan fingerprint density at radius 3 is 2.61 bits per heavy atom. The van der Waals surface area contributed by atoms with Crippen molar-refractivity contribution < 1.29 is 22.7 Å². The van der Waals surface area contributed by atoms with Gasteiger partial charge in [0.1, 0.15) is 16.4 Å². The number of carbonyl (C=O) groups is 1. The Morgan fingerprint density at radius 1 is 1.22 bits per heavy atom. The maximum absolute atomic E-state index is 13.0. The van der Waals surface area contributed by atoms with Gasteiger partial charge in [0.2, 0.25) is 15.9 Å². The average molecular weight is 340 g/mol. The van der Waals surface area contributed by atoms with Gasteiger partial charge in [0.05, 0.1) is 19.8 Å². The van der Waals surface area contributed by atoms with Gasteiger partial charge in [0.25, 0.3) is 0 Å². The van der Waals surface area contributed by atoms with E-state index in [1.165, 1.54) is 24.6 Å². The molecule has 2 aliphatic heterocycles. The van der Waals surface area contributed by atoms with Crippen LogP contribution in [0, 0.1) is 0 Å². The summed E-state index contributed by atoms with van der Waals surface area (Å²) in [6.45, 7) is 0.671. The lowest BCUT2D eigenvalue weighted by atomic mass is 9.97. The molecule has 1 amide bonds. The Bertz CT molecular complexity index is 733. The van der Waals surface area contributed by atoms with Crippen molar-refractivity contribution in [2.75, 3.05) is 27.3 Å². The highest BCUT2D eigenvalue weighted by Gasteiger charge is 2.47. The molecule has 0 saturated carbocycles. The number of rotatable bonds is 4. The van der Waals surface area contributed by atoms with E-state index in [2.05, 4.69) is 5.32 Å². The van der Waals surface area contributed by atoms with E-state index < -0.39 is 15.6 Å². The Labute approximate surface area is 135 Å². The van der Waals surface area contributed by atoms with Crippen LogP contribution in [0.25, 0.3) is 0 Å². The van der Waals surface area contributed by atoms with Crippen LogP contribution in [-0.4, -0.2) is 51.5 Å². The van der Waals surface area contributed by atoms with Crippen molar-refractivity contribution in [2.45, 2.75) is 29.7 Å². The number of nitrogens with one attached hydrogen (secondary N) is 1. The maximum Gasteiger partial charge on any atom is 0.246 e. The minimum absolute atomic E-state index is 0.0109. The number of benzene rings is 1. The smallest absolute Gasteiger partial charge is 0.246 e. The van der Waals surface area contributed by atoms with Gasteiger partial charge in [-0.1, -0.05) is 0 Å². The molecule has 1 unspecified atom stereocenters. The normalized spacial score (nSPS) is 24.9. The number of hydrogen-bond donors (Lipinski definition) is 1. The lowest BCUT2D eigenvalue weighted by Gasteiger charge is -2.24. The molecule has 1 aromatic rings. The summed E-state index contributed by atoms with van der Waals surface area (Å²) in [5, 5.41) is 2.93. The molecule has 2 heterocycles. The van der Waals surface area contributed by atoms with E-state index in [4.69, 9.17) is 9.47 Å². The predicted molar refractivity (Wildman–Crippen MR) is 83.0 cm³/mol. The van der Waals surface area contributed by atoms with E-state index in [1.54, 1.807) is 12.1 Å². The van der Waals surface area contributed by atoms with Crippen molar-refractivity contribution in [3.8, 4) is 11.5 Å². The van der Waals surface area contributed by atoms with Gasteiger partial charge in [-0.2, -0.15) is 4.31 Å². The Morgan fingerprint density at radius 2 is 2.00 bits per heavy atom. The third-order valence-corrected chi connectivity index (χ3v) is 6.41. The fourth-order valence-electron chi connectivity index (χ4n) is 3.24. The third-order valence-electron chi connectivity index (χ3n) is 4.54. The second-order valence-corrected chi connectivity index (χ2v) is 7.84. The first kappa shape index (κ1) is 16.1. The number of methoxy groups -OCH3 is 2. The summed E-state index contributed by atoms with van der Waals surface area (Å²) in [6.07, 6.45) is 1.76. The highest BCUT2D eigenvalue weighted by atomic mass is 32.2. The number of ether oxygens (including phenoxy) is 2. The van der Waals surface area contributed by atoms with Crippen LogP contribution < -0.4 is 14.8 Å². The second-order valence-electron chi connectivity index (χ2n) is 5.93. The number of nitrogens with zero attached hydrogens (tertiary/aromatic N) is 1. The Balaban J connectivity index is 1.92. The van der Waals surface area contributed by atoms with Crippen LogP contribution in [0.2, 0.25) is 0 Å². The lowest BCUT2D eigenvalue weighted by Crippen LogP contribution is -2.44. The first-order valence-corrected chi connectivity index (χ1v) is 8.87. The summed E-state index contributed by atoms with van der Waals surface area (Å²) in [7, 11) is -0.801. The standard InChI is InChI=1S/C15H20N2O5S/c1-21-11-3-4-12(22-2)13(9-11)23(19,20)17-8-7-15(10-17)6-5-14(18)16-15/h3-4,9H,5-8,10H2,1-2H3,(H,16,18). The van der Waals surface area contributed by atoms with Crippen LogP contribution >= 0.6 is 0 Å². The van der Waals surface area contributed by atoms with Gasteiger partial charge in [-0.25, -0.2) is 8.42 Å². The zero-order valence-electron chi connectivity index (χ0n) is 13.2. The van der Waals surface area contributed by atoms with Crippen molar-refractivity contribution in [3.63, 3.8) is 0 Å². The second kappa shape index (κ2) is 5.68. The minimum atomic E-state index is -3.72. The average Bonchev–Trinajstić information content (AvgIpc) is 3.13. The van der Waals surface area contributed by atoms with E-state index in [0.29, 0.717) is 38.1 Å². The summed E-state index contributed by atoms with van der Waals surface area (Å²) in [5.41, 5.74) is -0.420. The zero-order valence-corrected chi connectivity index (χ0v) is 14.0. The van der Waals surface area contributed by atoms with E-state index in [1.807, 2.05) is 0 Å². The Kier molecular flexibility index (Phi) is 3.97. The predicted octanol–water partition coefficient (Wildman–Crippen LogP) is 0.747. The zero-order chi connectivity index (χ0) is 16.7. The molecule has 2 saturated heterocycles. The van der Waals surface area contributed by atoms with Gasteiger partial charge < -0.3 is 14.8 Å². The largest absolute Gasteiger partial charge is 0.497 e. The molecule has 0 aliphatic carbocycles. The van der Waals surface area contributed by atoms with Gasteiger partial charge in [-0.3, -0.25) is 4.79 Å². The number of sulfonamides is 1. The van der Waals surface area contributed by atoms with E-state index in [0.717, 1.165) is 0 Å². The minimum Gasteiger partial charge on any atom is -0.497 e. The van der Waals surface area contributed by atoms with Gasteiger partial charge in [0.15, 0.2) is 0 Å². The molecule has 126 valence electrons. The fraction of sp³-hybridized carbons (Fsp3) is 0.533. The summed E-state index contributed by atoms with van der Waals surface area (Å²) in [5.74, 6) is 0.720. The molecule has 8 heteroatoms. The summed E-state index contributed by atoms with van der Waals surface area (Å²) < 4.78 is 37.7. The summed E-state index contributed by atoms with van der Waals surface area (Å²) in [4.78, 5) is 11.6. The van der Waals surface area contributed by atoms with Crippen LogP contribution in [0.3, 0.4) is 0 Å². The van der Waals surface area contributed by atoms with Crippen molar-refractivity contribution in [1.82, 2.24) is 9.62 Å². The van der Waals surface area contributed by atoms with Crippen LogP contribution in [-0.2, 0) is 14.8 Å². The first-order chi connectivity index (χ1) is 10.9. The van der Waals surface area contributed by atoms with Crippen molar-refractivity contribution >= 4 is 15.9 Å². The molecule has 1 atom stereocenters. The highest BCUT2D eigenvalue weighted by Crippen LogP contribution is 2.36. The summed E-state index contributed by atoms with van der Waals surface area (Å²) >= 11 is 0. The molecule has 2 aliphatic rings. The van der Waals surface area contributed by atoms with Crippen LogP contribution in [0.15, 0.2) is 23.1 Å². The topological polar surface area (TPSA) is 84.9 Å². The molecule has 7 nitrogen and oxygen atoms in total. The van der Waals surface area contributed by atoms with E-state index >= 15 is 0 Å². The van der Waals surface area contributed by atoms with Crippen molar-refractivity contribution in [3.05, 3.63) is 18.2 Å². The third kappa shape index (κ3) is 2.76. The van der Waals surface area contributed by atoms with Gasteiger partial charge in [0, 0.05) is 25.6 Å². The first-order valence-electron chi connectivity index (χ1n) is 7.43. The molecule has 2 fully saturated rings. The number of amides is 1. The molecule has 1 N–H and O–H groups in total. The number of carbonyl (C=O) groups excluding carboxylic acids is 1. The quantitative estimate of drug-likeness (QED) is 0.874. The molecule has 1 aromatic carbocycles. The van der Waals surface area contributed by atoms with Crippen LogP contribution in [0.5, 0.6) is 11.5 Å². The van der Waals surface area contributed by atoms with E-state index in [-0.39, 0.29) is 16.6 Å². The number of hydrogen-bond acceptors (Lipinski definition) is 5. The van der Waals surface area contributed by atoms with Crippen LogP contribution in [0.4, 0.5) is 0 Å². The highest BCUT2D eigenvalue weighted by molar-refractivity contribution is 7.89.